The number of urea groups is 1. The van der Waals surface area contributed by atoms with E-state index < -0.39 is 0 Å². The predicted molar refractivity (Wildman–Crippen MR) is 133 cm³/mol. The third-order valence-corrected chi connectivity index (χ3v) is 6.81. The number of ether oxygens (including phenoxy) is 1. The first-order valence-corrected chi connectivity index (χ1v) is 11.7. The largest absolute Gasteiger partial charge is 0.497 e. The molecule has 1 fully saturated rings. The highest BCUT2D eigenvalue weighted by Gasteiger charge is 2.39. The smallest absolute Gasteiger partial charge is 0.318 e. The monoisotopic (exact) mass is 449 g/mol. The number of carbonyl (C=O) groups excluding carboxylic acids is 1. The second kappa shape index (κ2) is 9.44. The van der Waals surface area contributed by atoms with Gasteiger partial charge >= 0.3 is 6.03 Å². The summed E-state index contributed by atoms with van der Waals surface area (Å²) in [5, 5.41) is 12.1. The van der Waals surface area contributed by atoms with Crippen molar-refractivity contribution in [2.45, 2.75) is 37.9 Å². The third kappa shape index (κ3) is 4.40. The van der Waals surface area contributed by atoms with Crippen LogP contribution < -0.4 is 10.1 Å². The molecule has 5 rings (SSSR count). The van der Waals surface area contributed by atoms with Crippen molar-refractivity contribution in [3.05, 3.63) is 95.6 Å². The Morgan fingerprint density at radius 2 is 1.79 bits per heavy atom. The van der Waals surface area contributed by atoms with Crippen molar-refractivity contribution in [3.8, 4) is 22.9 Å². The molecule has 1 saturated heterocycles. The molecular formula is C29H27N3O2. The lowest BCUT2D eigenvalue weighted by Crippen LogP contribution is -2.48. The van der Waals surface area contributed by atoms with Crippen molar-refractivity contribution in [1.29, 1.82) is 5.26 Å². The minimum absolute atomic E-state index is 0.00458. The van der Waals surface area contributed by atoms with Crippen LogP contribution in [-0.2, 0) is 6.54 Å². The van der Waals surface area contributed by atoms with Crippen LogP contribution in [0.25, 0.3) is 16.7 Å². The summed E-state index contributed by atoms with van der Waals surface area (Å²) < 4.78 is 5.20. The summed E-state index contributed by atoms with van der Waals surface area (Å²) in [6, 6.07) is 26.5. The Morgan fingerprint density at radius 1 is 1.03 bits per heavy atom. The van der Waals surface area contributed by atoms with E-state index in [1.54, 1.807) is 7.11 Å². The van der Waals surface area contributed by atoms with Crippen LogP contribution in [-0.4, -0.2) is 30.1 Å². The van der Waals surface area contributed by atoms with Gasteiger partial charge in [-0.3, -0.25) is 0 Å². The van der Waals surface area contributed by atoms with Gasteiger partial charge in [-0.1, -0.05) is 48.5 Å². The van der Waals surface area contributed by atoms with Gasteiger partial charge in [-0.25, -0.2) is 4.79 Å². The number of carbonyl (C=O) groups is 1. The van der Waals surface area contributed by atoms with Crippen LogP contribution in [0, 0.1) is 11.3 Å². The summed E-state index contributed by atoms with van der Waals surface area (Å²) in [4.78, 5) is 15.1. The Bertz CT molecular complexity index is 1260. The Labute approximate surface area is 200 Å². The summed E-state index contributed by atoms with van der Waals surface area (Å²) in [6.45, 7) is 0.502. The van der Waals surface area contributed by atoms with E-state index >= 15 is 0 Å². The summed E-state index contributed by atoms with van der Waals surface area (Å²) in [5.41, 5.74) is 6.46. The van der Waals surface area contributed by atoms with Crippen LogP contribution in [0.1, 0.15) is 36.0 Å². The highest BCUT2D eigenvalue weighted by atomic mass is 16.5. The van der Waals surface area contributed by atoms with E-state index in [-0.39, 0.29) is 18.1 Å². The van der Waals surface area contributed by atoms with Crippen molar-refractivity contribution in [2.75, 3.05) is 7.11 Å². The first-order valence-electron chi connectivity index (χ1n) is 11.7. The van der Waals surface area contributed by atoms with Crippen molar-refractivity contribution >= 4 is 11.6 Å². The zero-order chi connectivity index (χ0) is 23.5. The van der Waals surface area contributed by atoms with Gasteiger partial charge in [-0.15, -0.1) is 0 Å². The Hall–Kier alpha value is -4.04. The topological polar surface area (TPSA) is 65.4 Å². The third-order valence-electron chi connectivity index (χ3n) is 6.81. The number of nitrogens with one attached hydrogen (secondary N) is 1. The maximum Gasteiger partial charge on any atom is 0.318 e. The van der Waals surface area contributed by atoms with Crippen LogP contribution in [0.2, 0.25) is 0 Å². The lowest BCUT2D eigenvalue weighted by molar-refractivity contribution is 0.179. The van der Waals surface area contributed by atoms with Gasteiger partial charge < -0.3 is 15.0 Å². The van der Waals surface area contributed by atoms with Crippen molar-refractivity contribution in [1.82, 2.24) is 10.2 Å². The van der Waals surface area contributed by atoms with Crippen LogP contribution in [0.3, 0.4) is 0 Å². The summed E-state index contributed by atoms with van der Waals surface area (Å²) >= 11 is 0. The molecule has 3 aromatic rings. The van der Waals surface area contributed by atoms with Crippen molar-refractivity contribution in [2.24, 2.45) is 0 Å². The second-order valence-corrected chi connectivity index (χ2v) is 8.88. The molecule has 2 aliphatic rings. The van der Waals surface area contributed by atoms with E-state index in [1.807, 2.05) is 53.4 Å². The number of fused-ring (bicyclic) bond motifs is 2. The first kappa shape index (κ1) is 21.8. The molecule has 0 spiro atoms. The highest BCUT2D eigenvalue weighted by Crippen LogP contribution is 2.39. The number of hydrogen-bond donors (Lipinski definition) is 1. The molecule has 0 saturated carbocycles. The molecule has 2 aliphatic heterocycles. The molecule has 1 N–H and O–H groups in total. The SMILES string of the molecule is COc1ccc(CNC(=O)N2C3C=C(c4cccc(-c5ccc(C#N)cc5)c4)CC2CC3)cc1. The molecular weight excluding hydrogens is 422 g/mol. The van der Waals surface area contributed by atoms with Crippen LogP contribution >= 0.6 is 0 Å². The van der Waals surface area contributed by atoms with Gasteiger partial charge in [0.25, 0.3) is 0 Å². The highest BCUT2D eigenvalue weighted by molar-refractivity contribution is 5.80. The number of nitrogens with zero attached hydrogens (tertiary/aromatic N) is 2. The molecule has 0 aliphatic carbocycles. The van der Waals surface area contributed by atoms with Gasteiger partial charge in [0.2, 0.25) is 0 Å². The van der Waals surface area contributed by atoms with E-state index in [9.17, 15) is 4.79 Å². The maximum atomic E-state index is 13.0. The molecule has 3 aromatic carbocycles. The number of hydrogen-bond acceptors (Lipinski definition) is 3. The molecule has 5 nitrogen and oxygen atoms in total. The Balaban J connectivity index is 1.29. The van der Waals surface area contributed by atoms with Crippen molar-refractivity contribution < 1.29 is 9.53 Å². The van der Waals surface area contributed by atoms with E-state index in [1.165, 1.54) is 11.1 Å². The lowest BCUT2D eigenvalue weighted by atomic mass is 9.92. The molecule has 2 atom stereocenters. The molecule has 170 valence electrons. The summed E-state index contributed by atoms with van der Waals surface area (Å²) in [7, 11) is 1.65. The first-order chi connectivity index (χ1) is 16.6. The fraction of sp³-hybridized carbons (Fsp3) is 0.241. The van der Waals surface area contributed by atoms with Gasteiger partial charge in [-0.05, 0) is 77.4 Å². The minimum Gasteiger partial charge on any atom is -0.497 e. The molecule has 34 heavy (non-hydrogen) atoms. The number of amides is 2. The Morgan fingerprint density at radius 3 is 2.50 bits per heavy atom. The van der Waals surface area contributed by atoms with Gasteiger partial charge in [0.05, 0.1) is 24.8 Å². The quantitative estimate of drug-likeness (QED) is 0.538. The zero-order valence-corrected chi connectivity index (χ0v) is 19.2. The van der Waals surface area contributed by atoms with Crippen molar-refractivity contribution in [3.63, 3.8) is 0 Å². The average molecular weight is 450 g/mol. The number of nitriles is 1. The normalized spacial score (nSPS) is 18.7. The standard InChI is InChI=1S/C29H27N3O2/c1-34-28-13-7-21(8-14-28)19-31-29(33)32-26-11-12-27(32)17-25(16-26)24-4-2-3-23(15-24)22-9-5-20(18-30)6-10-22/h2-10,13-16,26-27H,11-12,17,19H2,1H3,(H,31,33). The molecule has 2 heterocycles. The van der Waals surface area contributed by atoms with E-state index in [0.717, 1.165) is 41.7 Å². The van der Waals surface area contributed by atoms with Gasteiger partial charge in [0.15, 0.2) is 0 Å². The number of methoxy groups -OCH3 is 1. The molecule has 2 bridgehead atoms. The fourth-order valence-electron chi connectivity index (χ4n) is 5.01. The van der Waals surface area contributed by atoms with Gasteiger partial charge in [-0.2, -0.15) is 5.26 Å². The maximum absolute atomic E-state index is 13.0. The molecule has 2 amide bonds. The molecule has 0 aromatic heterocycles. The Kier molecular flexibility index (Phi) is 6.05. The van der Waals surface area contributed by atoms with E-state index in [0.29, 0.717) is 12.1 Å². The number of rotatable bonds is 5. The second-order valence-electron chi connectivity index (χ2n) is 8.88. The summed E-state index contributed by atoms with van der Waals surface area (Å²) in [6.07, 6.45) is 5.16. The minimum atomic E-state index is 0.00458. The van der Waals surface area contributed by atoms with Crippen LogP contribution in [0.4, 0.5) is 4.79 Å². The van der Waals surface area contributed by atoms with Gasteiger partial charge in [0, 0.05) is 12.6 Å². The predicted octanol–water partition coefficient (Wildman–Crippen LogP) is 5.76. The zero-order valence-electron chi connectivity index (χ0n) is 19.2. The average Bonchev–Trinajstić information content (AvgIpc) is 3.16. The van der Waals surface area contributed by atoms with E-state index in [2.05, 4.69) is 41.7 Å². The molecule has 5 heteroatoms. The van der Waals surface area contributed by atoms with Gasteiger partial charge in [0.1, 0.15) is 5.75 Å². The van der Waals surface area contributed by atoms with Crippen LogP contribution in [0.5, 0.6) is 5.75 Å². The van der Waals surface area contributed by atoms with E-state index in [4.69, 9.17) is 10.00 Å². The van der Waals surface area contributed by atoms with Crippen LogP contribution in [0.15, 0.2) is 78.9 Å². The molecule has 2 unspecified atom stereocenters. The number of benzene rings is 3. The fourth-order valence-corrected chi connectivity index (χ4v) is 5.01. The summed E-state index contributed by atoms with van der Waals surface area (Å²) in [5.74, 6) is 0.810. The molecule has 0 radical (unpaired) electrons. The lowest BCUT2D eigenvalue weighted by Gasteiger charge is -2.34.